The van der Waals surface area contributed by atoms with Crippen molar-refractivity contribution in [1.82, 2.24) is 0 Å². The van der Waals surface area contributed by atoms with Crippen LogP contribution in [0.1, 0.15) is 32.1 Å². The van der Waals surface area contributed by atoms with Crippen molar-refractivity contribution >= 4 is 0 Å². The maximum absolute atomic E-state index is 8.23. The molecule has 1 N–H and O–H groups in total. The molecule has 15 heavy (non-hydrogen) atoms. The van der Waals surface area contributed by atoms with Crippen LogP contribution in [0.3, 0.4) is 0 Å². The van der Waals surface area contributed by atoms with E-state index in [4.69, 9.17) is 14.7 Å². The maximum Gasteiger partial charge on any atom is 0.107 e. The van der Waals surface area contributed by atoms with Gasteiger partial charge in [0.05, 0.1) is 19.3 Å². The first-order valence-electron chi connectivity index (χ1n) is 5.91. The fourth-order valence-electron chi connectivity index (χ4n) is 2.48. The van der Waals surface area contributed by atoms with Crippen molar-refractivity contribution in [3.05, 3.63) is 0 Å². The monoisotopic (exact) mass is 216 g/mol. The van der Waals surface area contributed by atoms with Crippen LogP contribution < -0.4 is 0 Å². The Kier molecular flexibility index (Phi) is 4.38. The highest BCUT2D eigenvalue weighted by molar-refractivity contribution is 4.87. The summed E-state index contributed by atoms with van der Waals surface area (Å²) >= 11 is 0. The molecular weight excluding hydrogens is 196 g/mol. The van der Waals surface area contributed by atoms with Gasteiger partial charge < -0.3 is 9.47 Å². The standard InChI is InChI=1S/C11H20O4/c12-15-7-6-13-11(10-8-14-10)9-4-2-1-3-5-9/h9-12H,1-8H2. The van der Waals surface area contributed by atoms with Crippen LogP contribution in [0.4, 0.5) is 0 Å². The van der Waals surface area contributed by atoms with Gasteiger partial charge in [-0.25, -0.2) is 4.89 Å². The summed E-state index contributed by atoms with van der Waals surface area (Å²) in [5.41, 5.74) is 0. The lowest BCUT2D eigenvalue weighted by molar-refractivity contribution is -0.252. The van der Waals surface area contributed by atoms with Gasteiger partial charge in [0.15, 0.2) is 0 Å². The van der Waals surface area contributed by atoms with E-state index in [1.54, 1.807) is 0 Å². The number of hydrogen-bond acceptors (Lipinski definition) is 4. The van der Waals surface area contributed by atoms with Crippen molar-refractivity contribution in [2.24, 2.45) is 5.92 Å². The SMILES string of the molecule is OOCCOC(C1CCCCC1)C1CO1. The lowest BCUT2D eigenvalue weighted by Gasteiger charge is -2.29. The van der Waals surface area contributed by atoms with Crippen LogP contribution in [0.25, 0.3) is 0 Å². The summed E-state index contributed by atoms with van der Waals surface area (Å²) in [5, 5.41) is 8.23. The summed E-state index contributed by atoms with van der Waals surface area (Å²) in [7, 11) is 0. The average molecular weight is 216 g/mol. The van der Waals surface area contributed by atoms with Crippen LogP contribution in [0.15, 0.2) is 0 Å². The van der Waals surface area contributed by atoms with Crippen molar-refractivity contribution in [2.45, 2.75) is 44.3 Å². The minimum atomic E-state index is 0.223. The third-order valence-corrected chi connectivity index (χ3v) is 3.32. The minimum Gasteiger partial charge on any atom is -0.373 e. The number of epoxide rings is 1. The Morgan fingerprint density at radius 3 is 2.53 bits per heavy atom. The van der Waals surface area contributed by atoms with E-state index >= 15 is 0 Å². The highest BCUT2D eigenvalue weighted by Crippen LogP contribution is 2.33. The first-order valence-corrected chi connectivity index (χ1v) is 5.91. The summed E-state index contributed by atoms with van der Waals surface area (Å²) < 4.78 is 11.1. The molecule has 0 radical (unpaired) electrons. The zero-order valence-electron chi connectivity index (χ0n) is 9.06. The van der Waals surface area contributed by atoms with Crippen LogP contribution in [-0.4, -0.2) is 37.3 Å². The van der Waals surface area contributed by atoms with E-state index in [0.717, 1.165) is 6.61 Å². The molecule has 2 unspecified atom stereocenters. The van der Waals surface area contributed by atoms with Crippen LogP contribution in [0.2, 0.25) is 0 Å². The Morgan fingerprint density at radius 2 is 1.93 bits per heavy atom. The molecule has 1 heterocycles. The van der Waals surface area contributed by atoms with Gasteiger partial charge in [-0.15, -0.1) is 0 Å². The molecule has 1 aliphatic carbocycles. The lowest BCUT2D eigenvalue weighted by atomic mass is 9.84. The van der Waals surface area contributed by atoms with E-state index in [1.165, 1.54) is 32.1 Å². The van der Waals surface area contributed by atoms with E-state index in [1.807, 2.05) is 0 Å². The van der Waals surface area contributed by atoms with Crippen molar-refractivity contribution in [2.75, 3.05) is 19.8 Å². The summed E-state index contributed by atoms with van der Waals surface area (Å²) in [4.78, 5) is 4.01. The van der Waals surface area contributed by atoms with Gasteiger partial charge >= 0.3 is 0 Å². The van der Waals surface area contributed by atoms with E-state index in [0.29, 0.717) is 18.6 Å². The summed E-state index contributed by atoms with van der Waals surface area (Å²) in [5.74, 6) is 0.643. The Bertz CT molecular complexity index is 175. The van der Waals surface area contributed by atoms with E-state index in [-0.39, 0.29) is 12.7 Å². The molecule has 0 aromatic rings. The zero-order valence-corrected chi connectivity index (χ0v) is 9.06. The Morgan fingerprint density at radius 1 is 1.20 bits per heavy atom. The fourth-order valence-corrected chi connectivity index (χ4v) is 2.48. The van der Waals surface area contributed by atoms with Crippen LogP contribution >= 0.6 is 0 Å². The molecule has 1 aliphatic heterocycles. The summed E-state index contributed by atoms with van der Waals surface area (Å²) in [6.07, 6.45) is 7.01. The largest absolute Gasteiger partial charge is 0.373 e. The first kappa shape index (κ1) is 11.3. The molecule has 0 bridgehead atoms. The fraction of sp³-hybridized carbons (Fsp3) is 1.00. The van der Waals surface area contributed by atoms with Crippen molar-refractivity contribution in [3.8, 4) is 0 Å². The lowest BCUT2D eigenvalue weighted by Crippen LogP contribution is -2.32. The van der Waals surface area contributed by atoms with Gasteiger partial charge in [-0.1, -0.05) is 19.3 Å². The molecule has 0 aromatic heterocycles. The van der Waals surface area contributed by atoms with Gasteiger partial charge in [0.2, 0.25) is 0 Å². The molecule has 0 aromatic carbocycles. The van der Waals surface area contributed by atoms with Crippen LogP contribution in [0.5, 0.6) is 0 Å². The minimum absolute atomic E-state index is 0.223. The Balaban J connectivity index is 1.76. The van der Waals surface area contributed by atoms with Crippen molar-refractivity contribution < 1.29 is 19.6 Å². The highest BCUT2D eigenvalue weighted by atomic mass is 17.1. The van der Waals surface area contributed by atoms with Gasteiger partial charge in [-0.2, -0.15) is 0 Å². The molecule has 2 aliphatic rings. The maximum atomic E-state index is 8.23. The first-order chi connectivity index (χ1) is 7.42. The van der Waals surface area contributed by atoms with Crippen LogP contribution in [0, 0.1) is 5.92 Å². The molecule has 1 saturated carbocycles. The normalized spacial score (nSPS) is 29.0. The molecule has 0 amide bonds. The molecule has 4 nitrogen and oxygen atoms in total. The van der Waals surface area contributed by atoms with Gasteiger partial charge in [-0.3, -0.25) is 5.26 Å². The average Bonchev–Trinajstić information content (AvgIpc) is 3.10. The molecule has 2 fully saturated rings. The van der Waals surface area contributed by atoms with E-state index in [2.05, 4.69) is 4.89 Å². The number of ether oxygens (including phenoxy) is 2. The van der Waals surface area contributed by atoms with Crippen LogP contribution in [-0.2, 0) is 14.4 Å². The third-order valence-electron chi connectivity index (χ3n) is 3.32. The molecular formula is C11H20O4. The second kappa shape index (κ2) is 5.80. The predicted molar refractivity (Wildman–Crippen MR) is 54.6 cm³/mol. The Hall–Kier alpha value is -0.160. The van der Waals surface area contributed by atoms with Gasteiger partial charge in [0.25, 0.3) is 0 Å². The van der Waals surface area contributed by atoms with Gasteiger partial charge in [0.1, 0.15) is 12.7 Å². The third kappa shape index (κ3) is 3.41. The summed E-state index contributed by atoms with van der Waals surface area (Å²) in [6, 6.07) is 0. The molecule has 88 valence electrons. The molecule has 2 atom stereocenters. The van der Waals surface area contributed by atoms with E-state index in [9.17, 15) is 0 Å². The molecule has 1 saturated heterocycles. The van der Waals surface area contributed by atoms with Gasteiger partial charge in [0, 0.05) is 0 Å². The molecule has 4 heteroatoms. The highest BCUT2D eigenvalue weighted by Gasteiger charge is 2.39. The predicted octanol–water partition coefficient (Wildman–Crippen LogP) is 1.84. The zero-order chi connectivity index (χ0) is 10.5. The molecule has 0 spiro atoms. The van der Waals surface area contributed by atoms with E-state index < -0.39 is 0 Å². The number of rotatable bonds is 6. The topological polar surface area (TPSA) is 51.2 Å². The van der Waals surface area contributed by atoms with Crippen molar-refractivity contribution in [3.63, 3.8) is 0 Å². The van der Waals surface area contributed by atoms with Crippen molar-refractivity contribution in [1.29, 1.82) is 0 Å². The smallest absolute Gasteiger partial charge is 0.107 e. The van der Waals surface area contributed by atoms with Gasteiger partial charge in [-0.05, 0) is 18.8 Å². The second-order valence-electron chi connectivity index (χ2n) is 4.44. The Labute approximate surface area is 90.4 Å². The second-order valence-corrected chi connectivity index (χ2v) is 4.44. The quantitative estimate of drug-likeness (QED) is 0.318. The number of hydrogen-bond donors (Lipinski definition) is 1. The summed E-state index contributed by atoms with van der Waals surface area (Å²) in [6.45, 7) is 1.54. The molecule has 2 rings (SSSR count).